The van der Waals surface area contributed by atoms with Crippen molar-refractivity contribution in [2.45, 2.75) is 37.0 Å². The molecular weight excluding hydrogens is 424 g/mol. The molecule has 0 aliphatic heterocycles. The quantitative estimate of drug-likeness (QED) is 0.332. The van der Waals surface area contributed by atoms with Crippen LogP contribution in [0.1, 0.15) is 43.6 Å². The van der Waals surface area contributed by atoms with Gasteiger partial charge in [0, 0.05) is 27.3 Å². The van der Waals surface area contributed by atoms with Crippen LogP contribution in [0.3, 0.4) is 0 Å². The third kappa shape index (κ3) is 5.24. The first-order chi connectivity index (χ1) is 15.2. The summed E-state index contributed by atoms with van der Waals surface area (Å²) in [7, 11) is -1.09. The van der Waals surface area contributed by atoms with Crippen molar-refractivity contribution in [2.24, 2.45) is 5.73 Å². The summed E-state index contributed by atoms with van der Waals surface area (Å²) in [6.07, 6.45) is 1.50. The van der Waals surface area contributed by atoms with Crippen LogP contribution in [0.5, 0.6) is 0 Å². The van der Waals surface area contributed by atoms with Crippen LogP contribution in [0.15, 0.2) is 59.6 Å². The molecule has 166 valence electrons. The van der Waals surface area contributed by atoms with E-state index in [9.17, 15) is 4.21 Å². The Morgan fingerprint density at radius 1 is 1.06 bits per heavy atom. The molecule has 0 spiro atoms. The lowest BCUT2D eigenvalue weighted by Crippen LogP contribution is -2.17. The van der Waals surface area contributed by atoms with Crippen molar-refractivity contribution in [1.29, 1.82) is 10.8 Å². The van der Waals surface area contributed by atoms with Gasteiger partial charge in [-0.2, -0.15) is 0 Å². The molecule has 2 aromatic carbocycles. The Morgan fingerprint density at radius 3 is 2.38 bits per heavy atom. The van der Waals surface area contributed by atoms with Crippen LogP contribution in [-0.4, -0.2) is 31.2 Å². The third-order valence-corrected chi connectivity index (χ3v) is 6.30. The predicted molar refractivity (Wildman–Crippen MR) is 127 cm³/mol. The zero-order valence-electron chi connectivity index (χ0n) is 18.1. The molecule has 1 aromatic heterocycles. The number of hydrogen-bond donors (Lipinski definition) is 4. The van der Waals surface area contributed by atoms with Gasteiger partial charge in [-0.25, -0.2) is 9.97 Å². The molecule has 0 amide bonds. The molecule has 2 atom stereocenters. The van der Waals surface area contributed by atoms with Crippen molar-refractivity contribution in [3.8, 4) is 11.3 Å². The number of nitrogens with one attached hydrogen (secondary N) is 2. The summed E-state index contributed by atoms with van der Waals surface area (Å²) < 4.78 is 17.7. The molecular formula is C23H26N6O2S. The van der Waals surface area contributed by atoms with Gasteiger partial charge < -0.3 is 16.2 Å². The maximum atomic E-state index is 12.3. The van der Waals surface area contributed by atoms with E-state index in [-0.39, 0.29) is 34.6 Å². The maximum Gasteiger partial charge on any atom is 0.243 e. The summed E-state index contributed by atoms with van der Waals surface area (Å²) in [4.78, 5) is 9.27. The molecule has 6 N–H and O–H groups in total. The zero-order valence-corrected chi connectivity index (χ0v) is 18.9. The number of hydrogen-bond acceptors (Lipinski definition) is 8. The fraction of sp³-hybridized carbons (Fsp3) is 0.217. The number of benzene rings is 2. The lowest BCUT2D eigenvalue weighted by molar-refractivity contribution is 0.535. The molecule has 0 radical (unpaired) electrons. The number of anilines is 1. The van der Waals surface area contributed by atoms with E-state index in [1.165, 1.54) is 6.20 Å². The van der Waals surface area contributed by atoms with E-state index in [2.05, 4.69) is 9.97 Å². The normalized spacial score (nSPS) is 12.9. The Morgan fingerprint density at radius 2 is 1.75 bits per heavy atom. The highest BCUT2D eigenvalue weighted by Crippen LogP contribution is 2.22. The average molecular weight is 451 g/mol. The van der Waals surface area contributed by atoms with Gasteiger partial charge in [0.25, 0.3) is 0 Å². The summed E-state index contributed by atoms with van der Waals surface area (Å²) in [6.45, 7) is 5.65. The van der Waals surface area contributed by atoms with E-state index in [1.807, 2.05) is 26.8 Å². The summed E-state index contributed by atoms with van der Waals surface area (Å²) in [5, 5.41) is 16.5. The van der Waals surface area contributed by atoms with E-state index < -0.39 is 10.8 Å². The van der Waals surface area contributed by atoms with Crippen LogP contribution >= 0.6 is 0 Å². The van der Waals surface area contributed by atoms with Crippen LogP contribution < -0.4 is 11.5 Å². The molecule has 0 aliphatic rings. The zero-order chi connectivity index (χ0) is 23.4. The summed E-state index contributed by atoms with van der Waals surface area (Å²) in [5.41, 5.74) is 14.4. The molecule has 3 aromatic rings. The third-order valence-electron chi connectivity index (χ3n) is 4.71. The number of nitrogens with two attached hydrogens (primary N) is 2. The molecule has 0 saturated heterocycles. The van der Waals surface area contributed by atoms with Crippen molar-refractivity contribution >= 4 is 28.4 Å². The number of rotatable bonds is 6. The average Bonchev–Trinajstić information content (AvgIpc) is 2.78. The second-order valence-corrected chi connectivity index (χ2v) is 9.54. The van der Waals surface area contributed by atoms with Crippen molar-refractivity contribution in [3.05, 3.63) is 71.5 Å². The molecule has 3 rings (SSSR count). The van der Waals surface area contributed by atoms with Crippen LogP contribution in [0.25, 0.3) is 11.3 Å². The fourth-order valence-corrected chi connectivity index (χ4v) is 3.86. The van der Waals surface area contributed by atoms with Crippen LogP contribution in [0, 0.1) is 10.8 Å². The van der Waals surface area contributed by atoms with E-state index >= 15 is 0 Å². The monoisotopic (exact) mass is 450 g/mol. The lowest BCUT2D eigenvalue weighted by atomic mass is 10.1. The minimum atomic E-state index is -1.09. The van der Waals surface area contributed by atoms with E-state index in [1.54, 1.807) is 42.5 Å². The Kier molecular flexibility index (Phi) is 7.12. The van der Waals surface area contributed by atoms with Crippen molar-refractivity contribution in [3.63, 3.8) is 0 Å². The first kappa shape index (κ1) is 23.2. The molecule has 0 fully saturated rings. The predicted octanol–water partition coefficient (Wildman–Crippen LogP) is 3.63. The first-order valence-electron chi connectivity index (χ1n) is 10.0. The van der Waals surface area contributed by atoms with Crippen molar-refractivity contribution < 1.29 is 8.95 Å². The Hall–Kier alpha value is -3.43. The summed E-state index contributed by atoms with van der Waals surface area (Å²) >= 11 is 0. The summed E-state index contributed by atoms with van der Waals surface area (Å²) in [5.74, 6) is -0.580. The van der Waals surface area contributed by atoms with Gasteiger partial charge in [0.05, 0.1) is 22.7 Å². The highest BCUT2D eigenvalue weighted by Gasteiger charge is 2.17. The van der Waals surface area contributed by atoms with Gasteiger partial charge in [-0.3, -0.25) is 15.0 Å². The highest BCUT2D eigenvalue weighted by molar-refractivity contribution is 7.85. The number of ether oxygens (including phenoxy) is 1. The van der Waals surface area contributed by atoms with Crippen molar-refractivity contribution in [1.82, 2.24) is 9.97 Å². The first-order valence-corrected chi connectivity index (χ1v) is 11.2. The number of aromatic nitrogens is 2. The molecule has 0 aliphatic carbocycles. The molecule has 2 unspecified atom stereocenters. The largest absolute Gasteiger partial charge is 0.419 e. The van der Waals surface area contributed by atoms with Gasteiger partial charge in [-0.05, 0) is 36.8 Å². The van der Waals surface area contributed by atoms with Crippen LogP contribution in [0.4, 0.5) is 5.82 Å². The molecule has 8 nitrogen and oxygen atoms in total. The number of nitrogen functional groups attached to an aromatic ring is 1. The Balaban J connectivity index is 1.82. The van der Waals surface area contributed by atoms with Gasteiger partial charge in [-0.1, -0.05) is 38.1 Å². The van der Waals surface area contributed by atoms with Crippen molar-refractivity contribution in [2.75, 3.05) is 5.73 Å². The second-order valence-electron chi connectivity index (χ2n) is 7.53. The maximum absolute atomic E-state index is 12.3. The second kappa shape index (κ2) is 9.80. The van der Waals surface area contributed by atoms with Gasteiger partial charge in [0.1, 0.15) is 0 Å². The van der Waals surface area contributed by atoms with E-state index in [0.29, 0.717) is 11.3 Å². The lowest BCUT2D eigenvalue weighted by Gasteiger charge is -2.12. The van der Waals surface area contributed by atoms with Gasteiger partial charge in [-0.15, -0.1) is 0 Å². The van der Waals surface area contributed by atoms with Gasteiger partial charge in [0.2, 0.25) is 11.8 Å². The topological polar surface area (TPSA) is 152 Å². The van der Waals surface area contributed by atoms with E-state index in [0.717, 1.165) is 16.0 Å². The molecule has 32 heavy (non-hydrogen) atoms. The summed E-state index contributed by atoms with van der Waals surface area (Å²) in [6, 6.07) is 14.1. The number of nitrogens with zero attached hydrogens (tertiary/aromatic N) is 2. The van der Waals surface area contributed by atoms with Gasteiger partial charge >= 0.3 is 0 Å². The van der Waals surface area contributed by atoms with E-state index in [4.69, 9.17) is 27.0 Å². The minimum absolute atomic E-state index is 0.0189. The smallest absolute Gasteiger partial charge is 0.243 e. The SMILES string of the molecule is CC(N)c1cccc(C(=N)OC(=N)c2nc(-c3ccc(S(=O)C(C)C)cc3)cnc2N)c1. The molecule has 9 heteroatoms. The highest BCUT2D eigenvalue weighted by atomic mass is 32.2. The Labute approximate surface area is 189 Å². The minimum Gasteiger partial charge on any atom is -0.419 e. The fourth-order valence-electron chi connectivity index (χ4n) is 2.91. The van der Waals surface area contributed by atoms with Crippen LogP contribution in [0.2, 0.25) is 0 Å². The Bertz CT molecular complexity index is 1180. The molecule has 0 bridgehead atoms. The molecule has 1 heterocycles. The standard InChI is InChI=1S/C23H26N6O2S/c1-13(2)32(30)18-9-7-15(8-10-18)19-12-28-21(25)20(29-19)23(27)31-22(26)17-6-4-5-16(11-17)14(3)24/h4-14,26-27H,24H2,1-3H3,(H2,25,28). The van der Waals surface area contributed by atoms with Crippen LogP contribution in [-0.2, 0) is 15.5 Å². The molecule has 0 saturated carbocycles. The van der Waals surface area contributed by atoms with Gasteiger partial charge in [0.15, 0.2) is 11.5 Å².